The van der Waals surface area contributed by atoms with Crippen LogP contribution < -0.4 is 16.4 Å². The molecule has 0 saturated carbocycles. The minimum atomic E-state index is -0.311. The van der Waals surface area contributed by atoms with Gasteiger partial charge in [0, 0.05) is 23.3 Å². The van der Waals surface area contributed by atoms with Crippen molar-refractivity contribution < 1.29 is 4.79 Å². The molecule has 0 spiro atoms. The van der Waals surface area contributed by atoms with E-state index in [2.05, 4.69) is 25.6 Å². The summed E-state index contributed by atoms with van der Waals surface area (Å²) in [6.45, 7) is 1.76. The van der Waals surface area contributed by atoms with Crippen LogP contribution in [-0.4, -0.2) is 33.9 Å². The average Bonchev–Trinajstić information content (AvgIpc) is 2.61. The Morgan fingerprint density at radius 1 is 1.12 bits per heavy atom. The van der Waals surface area contributed by atoms with E-state index in [1.807, 2.05) is 24.3 Å². The number of nitrogens with zero attached hydrogens (tertiary/aromatic N) is 3. The van der Waals surface area contributed by atoms with Crippen LogP contribution in [0.15, 0.2) is 42.7 Å². The lowest BCUT2D eigenvalue weighted by Crippen LogP contribution is -2.35. The van der Waals surface area contributed by atoms with E-state index in [4.69, 9.17) is 5.73 Å². The normalized spacial score (nSPS) is 12.1. The van der Waals surface area contributed by atoms with E-state index in [1.54, 1.807) is 32.4 Å². The van der Waals surface area contributed by atoms with Crippen LogP contribution in [0.1, 0.15) is 6.92 Å². The number of nitrogens with one attached hydrogen (secondary N) is 2. The van der Waals surface area contributed by atoms with Crippen LogP contribution in [0.2, 0.25) is 0 Å². The van der Waals surface area contributed by atoms with Crippen LogP contribution in [0.25, 0.3) is 22.0 Å². The maximum absolute atomic E-state index is 11.8. The van der Waals surface area contributed by atoms with Crippen molar-refractivity contribution in [1.29, 1.82) is 0 Å². The summed E-state index contributed by atoms with van der Waals surface area (Å²) in [7, 11) is 1.72. The van der Waals surface area contributed by atoms with Gasteiger partial charge in [0.2, 0.25) is 11.9 Å². The number of hydrogen-bond acceptors (Lipinski definition) is 6. The van der Waals surface area contributed by atoms with Crippen LogP contribution in [0.4, 0.5) is 11.8 Å². The van der Waals surface area contributed by atoms with E-state index in [0.29, 0.717) is 5.82 Å². The van der Waals surface area contributed by atoms with Crippen LogP contribution in [0.5, 0.6) is 0 Å². The van der Waals surface area contributed by atoms with Crippen molar-refractivity contribution in [3.8, 4) is 11.1 Å². The van der Waals surface area contributed by atoms with Gasteiger partial charge in [-0.15, -0.1) is 0 Å². The number of aromatic nitrogens is 3. The molecule has 7 heteroatoms. The molecule has 4 N–H and O–H groups in total. The molecule has 7 nitrogen and oxygen atoms in total. The first-order valence-corrected chi connectivity index (χ1v) is 7.53. The fourth-order valence-corrected chi connectivity index (χ4v) is 2.21. The summed E-state index contributed by atoms with van der Waals surface area (Å²) in [5.41, 5.74) is 8.35. The average molecular weight is 322 g/mol. The van der Waals surface area contributed by atoms with Gasteiger partial charge in [-0.05, 0) is 43.8 Å². The molecule has 1 amide bonds. The Labute approximate surface area is 139 Å². The second-order valence-corrected chi connectivity index (χ2v) is 5.44. The molecular weight excluding hydrogens is 304 g/mol. The standard InChI is InChI=1S/C17H18N6O/c1-10(19-2)16(24)23-17-20-8-13(9-21-17)11-3-5-14-12(7-11)4-6-15(18)22-14/h3-10,19H,1-2H3,(H2,18,22)(H,20,21,23,24). The first-order chi connectivity index (χ1) is 11.6. The van der Waals surface area contributed by atoms with Gasteiger partial charge >= 0.3 is 0 Å². The summed E-state index contributed by atoms with van der Waals surface area (Å²) < 4.78 is 0. The summed E-state index contributed by atoms with van der Waals surface area (Å²) in [4.78, 5) is 24.5. The van der Waals surface area contributed by atoms with E-state index in [9.17, 15) is 4.79 Å². The SMILES string of the molecule is CNC(C)C(=O)Nc1ncc(-c2ccc3nc(N)ccc3c2)cn1. The largest absolute Gasteiger partial charge is 0.384 e. The molecule has 1 aromatic carbocycles. The predicted molar refractivity (Wildman–Crippen MR) is 94.3 cm³/mol. The monoisotopic (exact) mass is 322 g/mol. The summed E-state index contributed by atoms with van der Waals surface area (Å²) >= 11 is 0. The Hall–Kier alpha value is -3.06. The second kappa shape index (κ2) is 6.59. The lowest BCUT2D eigenvalue weighted by molar-refractivity contribution is -0.117. The minimum absolute atomic E-state index is 0.181. The van der Waals surface area contributed by atoms with Crippen molar-refractivity contribution in [1.82, 2.24) is 20.3 Å². The molecule has 0 saturated heterocycles. The van der Waals surface area contributed by atoms with Gasteiger partial charge in [0.25, 0.3) is 0 Å². The fourth-order valence-electron chi connectivity index (χ4n) is 2.21. The fraction of sp³-hybridized carbons (Fsp3) is 0.176. The molecule has 3 rings (SSSR count). The number of amides is 1. The number of hydrogen-bond donors (Lipinski definition) is 3. The number of fused-ring (bicyclic) bond motifs is 1. The molecule has 0 aliphatic rings. The molecular formula is C17H18N6O. The molecule has 1 atom stereocenters. The second-order valence-electron chi connectivity index (χ2n) is 5.44. The molecule has 0 aliphatic heterocycles. The lowest BCUT2D eigenvalue weighted by Gasteiger charge is -2.10. The molecule has 0 fully saturated rings. The highest BCUT2D eigenvalue weighted by molar-refractivity contribution is 5.93. The molecule has 24 heavy (non-hydrogen) atoms. The van der Waals surface area contributed by atoms with Gasteiger partial charge in [-0.3, -0.25) is 10.1 Å². The zero-order valence-electron chi connectivity index (χ0n) is 13.4. The van der Waals surface area contributed by atoms with Gasteiger partial charge in [-0.2, -0.15) is 0 Å². The summed E-state index contributed by atoms with van der Waals surface area (Å²) in [5, 5.41) is 6.51. The summed E-state index contributed by atoms with van der Waals surface area (Å²) in [6.07, 6.45) is 3.36. The van der Waals surface area contributed by atoms with Crippen LogP contribution in [-0.2, 0) is 4.79 Å². The van der Waals surface area contributed by atoms with Crippen LogP contribution in [0.3, 0.4) is 0 Å². The summed E-state index contributed by atoms with van der Waals surface area (Å²) in [6, 6.07) is 9.23. The van der Waals surface area contributed by atoms with Gasteiger partial charge in [0.05, 0.1) is 11.6 Å². The highest BCUT2D eigenvalue weighted by Crippen LogP contribution is 2.23. The molecule has 122 valence electrons. The topological polar surface area (TPSA) is 106 Å². The van der Waals surface area contributed by atoms with Gasteiger partial charge in [-0.1, -0.05) is 6.07 Å². The first-order valence-electron chi connectivity index (χ1n) is 7.53. The highest BCUT2D eigenvalue weighted by Gasteiger charge is 2.11. The van der Waals surface area contributed by atoms with E-state index < -0.39 is 0 Å². The van der Waals surface area contributed by atoms with Crippen molar-refractivity contribution in [3.05, 3.63) is 42.7 Å². The van der Waals surface area contributed by atoms with Crippen molar-refractivity contribution in [2.45, 2.75) is 13.0 Å². The number of benzene rings is 1. The number of carbonyl (C=O) groups is 1. The number of likely N-dealkylation sites (N-methyl/N-ethyl adjacent to an activating group) is 1. The van der Waals surface area contributed by atoms with Gasteiger partial charge < -0.3 is 11.1 Å². The van der Waals surface area contributed by atoms with Gasteiger partial charge in [-0.25, -0.2) is 15.0 Å². The molecule has 2 aromatic heterocycles. The maximum Gasteiger partial charge on any atom is 0.243 e. The van der Waals surface area contributed by atoms with Crippen molar-refractivity contribution >= 4 is 28.6 Å². The third kappa shape index (κ3) is 3.31. The van der Waals surface area contributed by atoms with E-state index in [0.717, 1.165) is 22.0 Å². The van der Waals surface area contributed by atoms with Crippen molar-refractivity contribution in [2.24, 2.45) is 0 Å². The molecule has 2 heterocycles. The minimum Gasteiger partial charge on any atom is -0.384 e. The number of nitrogens with two attached hydrogens (primary N) is 1. The zero-order chi connectivity index (χ0) is 17.1. The number of anilines is 2. The lowest BCUT2D eigenvalue weighted by atomic mass is 10.1. The van der Waals surface area contributed by atoms with Crippen molar-refractivity contribution in [2.75, 3.05) is 18.1 Å². The van der Waals surface area contributed by atoms with Crippen LogP contribution >= 0.6 is 0 Å². The third-order valence-electron chi connectivity index (χ3n) is 3.76. The first kappa shape index (κ1) is 15.8. The maximum atomic E-state index is 11.8. The number of rotatable bonds is 4. The molecule has 0 radical (unpaired) electrons. The van der Waals surface area contributed by atoms with E-state index >= 15 is 0 Å². The number of carbonyl (C=O) groups excluding carboxylic acids is 1. The Balaban J connectivity index is 1.83. The molecule has 0 aliphatic carbocycles. The zero-order valence-corrected chi connectivity index (χ0v) is 13.4. The Morgan fingerprint density at radius 2 is 1.88 bits per heavy atom. The molecule has 0 bridgehead atoms. The Bertz CT molecular complexity index is 878. The smallest absolute Gasteiger partial charge is 0.243 e. The van der Waals surface area contributed by atoms with Gasteiger partial charge in [0.15, 0.2) is 0 Å². The quantitative estimate of drug-likeness (QED) is 0.676. The Kier molecular flexibility index (Phi) is 4.35. The van der Waals surface area contributed by atoms with E-state index in [1.165, 1.54) is 0 Å². The molecule has 1 unspecified atom stereocenters. The predicted octanol–water partition coefficient (Wildman–Crippen LogP) is 1.82. The van der Waals surface area contributed by atoms with E-state index in [-0.39, 0.29) is 17.9 Å². The molecule has 3 aromatic rings. The number of pyridine rings is 1. The Morgan fingerprint density at radius 3 is 2.58 bits per heavy atom. The highest BCUT2D eigenvalue weighted by atomic mass is 16.2. The summed E-state index contributed by atoms with van der Waals surface area (Å²) in [5.74, 6) is 0.593. The van der Waals surface area contributed by atoms with Crippen LogP contribution in [0, 0.1) is 0 Å². The number of nitrogen functional groups attached to an aromatic ring is 1. The third-order valence-corrected chi connectivity index (χ3v) is 3.76. The van der Waals surface area contributed by atoms with Gasteiger partial charge in [0.1, 0.15) is 5.82 Å². The van der Waals surface area contributed by atoms with Crippen molar-refractivity contribution in [3.63, 3.8) is 0 Å².